The molecule has 0 radical (unpaired) electrons. The molecule has 134 valence electrons. The molecule has 0 aliphatic heterocycles. The third kappa shape index (κ3) is 3.80. The summed E-state index contributed by atoms with van der Waals surface area (Å²) in [7, 11) is 0. The van der Waals surface area contributed by atoms with Crippen molar-refractivity contribution in [2.45, 2.75) is 18.8 Å². The highest BCUT2D eigenvalue weighted by Crippen LogP contribution is 2.35. The zero-order chi connectivity index (χ0) is 19.3. The van der Waals surface area contributed by atoms with Crippen molar-refractivity contribution in [1.29, 1.82) is 0 Å². The van der Waals surface area contributed by atoms with Gasteiger partial charge in [-0.1, -0.05) is 54.6 Å². The van der Waals surface area contributed by atoms with Gasteiger partial charge in [-0.15, -0.1) is 0 Å². The molecule has 0 aromatic heterocycles. The summed E-state index contributed by atoms with van der Waals surface area (Å²) in [5, 5.41) is 23.3. The van der Waals surface area contributed by atoms with Crippen LogP contribution in [0.5, 0.6) is 5.75 Å². The minimum atomic E-state index is -2.30. The summed E-state index contributed by atoms with van der Waals surface area (Å²) < 4.78 is 5.14. The van der Waals surface area contributed by atoms with Crippen molar-refractivity contribution in [3.05, 3.63) is 77.9 Å². The normalized spacial score (nSPS) is 12.7. The van der Waals surface area contributed by atoms with E-state index in [1.54, 1.807) is 30.3 Å². The van der Waals surface area contributed by atoms with E-state index in [0.717, 1.165) is 5.56 Å². The van der Waals surface area contributed by atoms with Crippen molar-refractivity contribution in [3.63, 3.8) is 0 Å². The molecule has 2 aromatic carbocycles. The lowest BCUT2D eigenvalue weighted by molar-refractivity contribution is -0.317. The average Bonchev–Trinajstić information content (AvgIpc) is 2.61. The number of carbonyl (C=O) groups excluding carboxylic acids is 3. The highest BCUT2D eigenvalue weighted by atomic mass is 16.5. The predicted molar refractivity (Wildman–Crippen MR) is 88.7 cm³/mol. The molecule has 0 saturated carbocycles. The molecule has 0 aliphatic carbocycles. The van der Waals surface area contributed by atoms with Gasteiger partial charge in [0.25, 0.3) is 0 Å². The standard InChI is InChI=1S/C20H18O6/c1-13-8-10-16(11-9-13)26-17(21)12-20(19(24)25,14(2)18(22)23)15-6-4-3-5-7-15/h3-11H,2,12H2,1H3,(H,22,23)(H,24,25)/p-2. The fraction of sp³-hybridized carbons (Fsp3) is 0.150. The van der Waals surface area contributed by atoms with Crippen LogP contribution >= 0.6 is 0 Å². The van der Waals surface area contributed by atoms with Gasteiger partial charge < -0.3 is 24.5 Å². The molecule has 0 spiro atoms. The van der Waals surface area contributed by atoms with Crippen molar-refractivity contribution < 1.29 is 29.3 Å². The molecule has 0 fully saturated rings. The number of carboxylic acids is 2. The van der Waals surface area contributed by atoms with Crippen molar-refractivity contribution in [3.8, 4) is 5.75 Å². The van der Waals surface area contributed by atoms with Crippen LogP contribution in [0.1, 0.15) is 17.5 Å². The first-order valence-electron chi connectivity index (χ1n) is 7.72. The molecule has 0 heterocycles. The van der Waals surface area contributed by atoms with Gasteiger partial charge >= 0.3 is 5.97 Å². The van der Waals surface area contributed by atoms with E-state index in [9.17, 15) is 24.6 Å². The summed E-state index contributed by atoms with van der Waals surface area (Å²) in [6, 6.07) is 13.9. The van der Waals surface area contributed by atoms with Crippen LogP contribution < -0.4 is 14.9 Å². The summed E-state index contributed by atoms with van der Waals surface area (Å²) in [6.07, 6.45) is -0.806. The zero-order valence-corrected chi connectivity index (χ0v) is 14.1. The van der Waals surface area contributed by atoms with Gasteiger partial charge in [-0.2, -0.15) is 0 Å². The topological polar surface area (TPSA) is 107 Å². The Kier molecular flexibility index (Phi) is 5.57. The first-order chi connectivity index (χ1) is 12.3. The molecule has 2 rings (SSSR count). The van der Waals surface area contributed by atoms with Gasteiger partial charge in [-0.3, -0.25) is 4.79 Å². The van der Waals surface area contributed by atoms with Gasteiger partial charge in [0, 0.05) is 0 Å². The fourth-order valence-electron chi connectivity index (χ4n) is 2.58. The molecule has 0 saturated heterocycles. The van der Waals surface area contributed by atoms with E-state index < -0.39 is 35.3 Å². The van der Waals surface area contributed by atoms with E-state index in [2.05, 4.69) is 6.58 Å². The van der Waals surface area contributed by atoms with E-state index in [1.165, 1.54) is 24.3 Å². The number of hydrogen-bond acceptors (Lipinski definition) is 6. The van der Waals surface area contributed by atoms with Gasteiger partial charge in [-0.25, -0.2) is 0 Å². The molecule has 0 N–H and O–H groups in total. The Morgan fingerprint density at radius 2 is 1.58 bits per heavy atom. The number of carboxylic acid groups (broad SMARTS) is 2. The lowest BCUT2D eigenvalue weighted by Crippen LogP contribution is -2.52. The second-order valence-electron chi connectivity index (χ2n) is 5.79. The molecular formula is C20H16O6-2. The van der Waals surface area contributed by atoms with E-state index in [-0.39, 0.29) is 11.3 Å². The Morgan fingerprint density at radius 1 is 1.00 bits per heavy atom. The Labute approximate surface area is 150 Å². The van der Waals surface area contributed by atoms with E-state index >= 15 is 0 Å². The third-order valence-electron chi connectivity index (χ3n) is 4.04. The van der Waals surface area contributed by atoms with Crippen molar-refractivity contribution in [1.82, 2.24) is 0 Å². The minimum Gasteiger partial charge on any atom is -0.549 e. The van der Waals surface area contributed by atoms with Crippen LogP contribution in [0.2, 0.25) is 0 Å². The molecule has 0 amide bonds. The molecule has 0 bridgehead atoms. The molecule has 1 unspecified atom stereocenters. The highest BCUT2D eigenvalue weighted by molar-refractivity contribution is 6.01. The lowest BCUT2D eigenvalue weighted by atomic mass is 9.72. The number of carbonyl (C=O) groups is 3. The summed E-state index contributed by atoms with van der Waals surface area (Å²) in [5.74, 6) is -4.30. The van der Waals surface area contributed by atoms with Gasteiger partial charge in [0.15, 0.2) is 0 Å². The fourth-order valence-corrected chi connectivity index (χ4v) is 2.58. The van der Waals surface area contributed by atoms with E-state index in [0.29, 0.717) is 0 Å². The Balaban J connectivity index is 2.42. The zero-order valence-electron chi connectivity index (χ0n) is 14.1. The van der Waals surface area contributed by atoms with Crippen molar-refractivity contribution in [2.24, 2.45) is 0 Å². The first kappa shape index (κ1) is 18.9. The molecular weight excluding hydrogens is 336 g/mol. The second kappa shape index (κ2) is 7.65. The Hall–Kier alpha value is -3.41. The van der Waals surface area contributed by atoms with Crippen molar-refractivity contribution >= 4 is 17.9 Å². The smallest absolute Gasteiger partial charge is 0.312 e. The average molecular weight is 352 g/mol. The molecule has 0 aliphatic rings. The molecule has 26 heavy (non-hydrogen) atoms. The maximum absolute atomic E-state index is 12.4. The summed E-state index contributed by atoms with van der Waals surface area (Å²) in [6.45, 7) is 5.16. The quantitative estimate of drug-likeness (QED) is 0.403. The predicted octanol–water partition coefficient (Wildman–Crippen LogP) is 0.285. The number of benzene rings is 2. The molecule has 1 atom stereocenters. The SMILES string of the molecule is C=C(C(=O)[O-])C(CC(=O)Oc1ccc(C)cc1)(C(=O)[O-])c1ccccc1. The second-order valence-corrected chi connectivity index (χ2v) is 5.79. The maximum atomic E-state index is 12.4. The number of aryl methyl sites for hydroxylation is 1. The number of ether oxygens (including phenoxy) is 1. The largest absolute Gasteiger partial charge is 0.549 e. The maximum Gasteiger partial charge on any atom is 0.312 e. The molecule has 6 nitrogen and oxygen atoms in total. The van der Waals surface area contributed by atoms with Crippen LogP contribution in [-0.4, -0.2) is 17.9 Å². The Morgan fingerprint density at radius 3 is 2.08 bits per heavy atom. The Bertz CT molecular complexity index is 838. The van der Waals surface area contributed by atoms with E-state index in [1.807, 2.05) is 6.92 Å². The molecule has 6 heteroatoms. The minimum absolute atomic E-state index is 0.0371. The summed E-state index contributed by atoms with van der Waals surface area (Å²) in [5.41, 5.74) is -2.11. The van der Waals surface area contributed by atoms with E-state index in [4.69, 9.17) is 4.74 Å². The summed E-state index contributed by atoms with van der Waals surface area (Å²) in [4.78, 5) is 35.6. The van der Waals surface area contributed by atoms with Crippen LogP contribution in [-0.2, 0) is 19.8 Å². The van der Waals surface area contributed by atoms with Crippen LogP contribution in [0.25, 0.3) is 0 Å². The van der Waals surface area contributed by atoms with Crippen LogP contribution in [0.4, 0.5) is 0 Å². The third-order valence-corrected chi connectivity index (χ3v) is 4.04. The van der Waals surface area contributed by atoms with Crippen LogP contribution in [0.15, 0.2) is 66.7 Å². The number of hydrogen-bond donors (Lipinski definition) is 0. The van der Waals surface area contributed by atoms with Crippen LogP contribution in [0, 0.1) is 6.92 Å². The summed E-state index contributed by atoms with van der Waals surface area (Å²) >= 11 is 0. The monoisotopic (exact) mass is 352 g/mol. The molecule has 2 aromatic rings. The lowest BCUT2D eigenvalue weighted by Gasteiger charge is -2.36. The highest BCUT2D eigenvalue weighted by Gasteiger charge is 2.40. The van der Waals surface area contributed by atoms with Crippen LogP contribution in [0.3, 0.4) is 0 Å². The first-order valence-corrected chi connectivity index (χ1v) is 7.72. The number of rotatable bonds is 7. The number of aliphatic carboxylic acids is 2. The van der Waals surface area contributed by atoms with Gasteiger partial charge in [0.05, 0.1) is 23.8 Å². The van der Waals surface area contributed by atoms with Gasteiger partial charge in [0.1, 0.15) is 5.75 Å². The number of esters is 1. The van der Waals surface area contributed by atoms with Gasteiger partial charge in [-0.05, 0) is 30.2 Å². The van der Waals surface area contributed by atoms with Gasteiger partial charge in [0.2, 0.25) is 0 Å². The van der Waals surface area contributed by atoms with Crippen molar-refractivity contribution in [2.75, 3.05) is 0 Å².